The summed E-state index contributed by atoms with van der Waals surface area (Å²) in [7, 11) is 1.34. The fourth-order valence-corrected chi connectivity index (χ4v) is 1.71. The van der Waals surface area contributed by atoms with Gasteiger partial charge in [0.05, 0.1) is 7.11 Å². The molecule has 7 heteroatoms. The van der Waals surface area contributed by atoms with E-state index in [1.165, 1.54) is 7.11 Å². The number of nitrogens with one attached hydrogen (secondary N) is 3. The first-order chi connectivity index (χ1) is 9.28. The van der Waals surface area contributed by atoms with Crippen LogP contribution in [0.1, 0.15) is 12.0 Å². The van der Waals surface area contributed by atoms with Crippen LogP contribution in [0, 0.1) is 0 Å². The molecule has 0 atom stereocenters. The summed E-state index contributed by atoms with van der Waals surface area (Å²) in [5, 5.41) is 9.04. The second-order valence-electron chi connectivity index (χ2n) is 4.18. The zero-order valence-electron chi connectivity index (χ0n) is 11.3. The van der Waals surface area contributed by atoms with Crippen LogP contribution in [-0.2, 0) is 11.3 Å². The highest BCUT2D eigenvalue weighted by Gasteiger charge is 2.03. The van der Waals surface area contributed by atoms with Crippen LogP contribution in [0.15, 0.2) is 29.3 Å². The number of hydrogen-bond donors (Lipinski definition) is 3. The quantitative estimate of drug-likeness (QED) is 0.690. The summed E-state index contributed by atoms with van der Waals surface area (Å²) >= 11 is 0. The number of benzene rings is 1. The summed E-state index contributed by atoms with van der Waals surface area (Å²) in [6, 6.07) is 7.57. The van der Waals surface area contributed by atoms with Crippen molar-refractivity contribution in [2.75, 3.05) is 25.5 Å². The van der Waals surface area contributed by atoms with Crippen molar-refractivity contribution in [1.82, 2.24) is 10.6 Å². The van der Waals surface area contributed by atoms with Crippen molar-refractivity contribution in [3.63, 3.8) is 0 Å². The summed E-state index contributed by atoms with van der Waals surface area (Å²) in [6.45, 7) is 2.54. The van der Waals surface area contributed by atoms with Crippen LogP contribution in [0.3, 0.4) is 0 Å². The summed E-state index contributed by atoms with van der Waals surface area (Å²) < 4.78 is 4.52. The van der Waals surface area contributed by atoms with E-state index in [1.54, 1.807) is 0 Å². The molecule has 2 rings (SSSR count). The molecule has 1 aliphatic heterocycles. The molecule has 1 heterocycles. The van der Waals surface area contributed by atoms with E-state index in [9.17, 15) is 4.79 Å². The van der Waals surface area contributed by atoms with Crippen molar-refractivity contribution in [3.8, 4) is 0 Å². The third kappa shape index (κ3) is 5.24. The molecule has 0 unspecified atom stereocenters. The monoisotopic (exact) mass is 390 g/mol. The molecule has 20 heavy (non-hydrogen) atoms. The van der Waals surface area contributed by atoms with Crippen molar-refractivity contribution in [1.29, 1.82) is 0 Å². The van der Waals surface area contributed by atoms with Gasteiger partial charge >= 0.3 is 6.09 Å². The lowest BCUT2D eigenvalue weighted by molar-refractivity contribution is 0.187. The molecule has 0 aromatic heterocycles. The molecule has 0 aliphatic carbocycles. The van der Waals surface area contributed by atoms with Crippen LogP contribution in [0.5, 0.6) is 0 Å². The summed E-state index contributed by atoms with van der Waals surface area (Å²) in [6.07, 6.45) is 0.616. The maximum absolute atomic E-state index is 11.0. The molecular formula is C13H19IN4O2. The Morgan fingerprint density at radius 1 is 1.40 bits per heavy atom. The molecule has 1 aromatic carbocycles. The number of methoxy groups -OCH3 is 1. The zero-order chi connectivity index (χ0) is 13.5. The van der Waals surface area contributed by atoms with Crippen LogP contribution in [-0.4, -0.2) is 32.3 Å². The highest BCUT2D eigenvalue weighted by atomic mass is 127. The predicted molar refractivity (Wildman–Crippen MR) is 89.6 cm³/mol. The number of hydrogen-bond acceptors (Lipinski definition) is 5. The normalized spacial score (nSPS) is 13.3. The molecule has 110 valence electrons. The lowest BCUT2D eigenvalue weighted by atomic mass is 10.2. The van der Waals surface area contributed by atoms with Crippen LogP contribution in [0.4, 0.5) is 10.5 Å². The van der Waals surface area contributed by atoms with E-state index >= 15 is 0 Å². The van der Waals surface area contributed by atoms with E-state index in [4.69, 9.17) is 0 Å². The Bertz CT molecular complexity index is 462. The number of carbonyl (C=O) groups excluding carboxylic acids is 1. The molecule has 0 saturated heterocycles. The molecule has 1 aromatic rings. The number of halogens is 1. The third-order valence-electron chi connectivity index (χ3n) is 2.74. The highest BCUT2D eigenvalue weighted by molar-refractivity contribution is 14.0. The van der Waals surface area contributed by atoms with Gasteiger partial charge in [-0.05, 0) is 24.1 Å². The van der Waals surface area contributed by atoms with Crippen LogP contribution >= 0.6 is 24.0 Å². The van der Waals surface area contributed by atoms with Gasteiger partial charge in [0, 0.05) is 25.3 Å². The Hall–Kier alpha value is -1.51. The number of nitrogens with zero attached hydrogens (tertiary/aromatic N) is 1. The molecule has 1 amide bonds. The minimum Gasteiger partial charge on any atom is -0.453 e. The minimum absolute atomic E-state index is 0. The van der Waals surface area contributed by atoms with Gasteiger partial charge in [0.25, 0.3) is 0 Å². The van der Waals surface area contributed by atoms with Gasteiger partial charge in [-0.2, -0.15) is 0 Å². The maximum Gasteiger partial charge on any atom is 0.411 e. The minimum atomic E-state index is -0.466. The first-order valence-electron chi connectivity index (χ1n) is 6.24. The standard InChI is InChI=1S/C13H18N4O2.HI/c1-19-13(18)17-11-5-3-10(4-6-11)9-16-12-14-7-2-8-15-12;/h3-6H,2,7-9H2,1H3,(H,17,18)(H2,14,15,16);1H. The Kier molecular flexibility index (Phi) is 7.13. The molecule has 0 saturated carbocycles. The Morgan fingerprint density at radius 2 is 2.15 bits per heavy atom. The molecule has 3 N–H and O–H groups in total. The molecule has 0 fully saturated rings. The van der Waals surface area contributed by atoms with Gasteiger partial charge in [0.15, 0.2) is 5.96 Å². The fourth-order valence-electron chi connectivity index (χ4n) is 1.71. The predicted octanol–water partition coefficient (Wildman–Crippen LogP) is 1.92. The van der Waals surface area contributed by atoms with Crippen molar-refractivity contribution >= 4 is 41.7 Å². The van der Waals surface area contributed by atoms with Crippen LogP contribution in [0.25, 0.3) is 0 Å². The fraction of sp³-hybridized carbons (Fsp3) is 0.385. The first kappa shape index (κ1) is 16.5. The lowest BCUT2D eigenvalue weighted by Crippen LogP contribution is -2.40. The van der Waals surface area contributed by atoms with Crippen molar-refractivity contribution in [3.05, 3.63) is 29.8 Å². The third-order valence-corrected chi connectivity index (χ3v) is 2.74. The Balaban J connectivity index is 0.00000200. The van der Waals surface area contributed by atoms with Crippen molar-refractivity contribution in [2.45, 2.75) is 13.0 Å². The Morgan fingerprint density at radius 3 is 2.75 bits per heavy atom. The zero-order valence-corrected chi connectivity index (χ0v) is 13.6. The number of anilines is 1. The second kappa shape index (κ2) is 8.62. The summed E-state index contributed by atoms with van der Waals surface area (Å²) in [5.41, 5.74) is 1.83. The van der Waals surface area contributed by atoms with E-state index in [1.807, 2.05) is 24.3 Å². The number of rotatable bonds is 3. The first-order valence-corrected chi connectivity index (χ1v) is 6.24. The van der Waals surface area contributed by atoms with Crippen LogP contribution in [0.2, 0.25) is 0 Å². The summed E-state index contributed by atoms with van der Waals surface area (Å²) in [4.78, 5) is 15.4. The van der Waals surface area contributed by atoms with Gasteiger partial charge in [-0.1, -0.05) is 12.1 Å². The van der Waals surface area contributed by atoms with Gasteiger partial charge in [0.2, 0.25) is 0 Å². The molecule has 0 bridgehead atoms. The van der Waals surface area contributed by atoms with Gasteiger partial charge in [-0.3, -0.25) is 10.3 Å². The number of carbonyl (C=O) groups is 1. The van der Waals surface area contributed by atoms with Crippen molar-refractivity contribution < 1.29 is 9.53 Å². The molecule has 0 spiro atoms. The average Bonchev–Trinajstić information content (AvgIpc) is 2.47. The van der Waals surface area contributed by atoms with Gasteiger partial charge in [-0.15, -0.1) is 24.0 Å². The second-order valence-corrected chi connectivity index (χ2v) is 4.18. The largest absolute Gasteiger partial charge is 0.453 e. The lowest BCUT2D eigenvalue weighted by Gasteiger charge is -2.16. The van der Waals surface area contributed by atoms with E-state index in [0.717, 1.165) is 31.0 Å². The Labute approximate surface area is 135 Å². The maximum atomic E-state index is 11.0. The van der Waals surface area contributed by atoms with Gasteiger partial charge in [-0.25, -0.2) is 4.79 Å². The SMILES string of the molecule is COC(=O)Nc1ccc(CNC2=NCCCN2)cc1.I. The van der Waals surface area contributed by atoms with Crippen LogP contribution < -0.4 is 16.0 Å². The van der Waals surface area contributed by atoms with E-state index < -0.39 is 6.09 Å². The molecule has 1 aliphatic rings. The van der Waals surface area contributed by atoms with Gasteiger partial charge < -0.3 is 15.4 Å². The molecule has 0 radical (unpaired) electrons. The number of aliphatic imine (C=N–C) groups is 1. The van der Waals surface area contributed by atoms with E-state index in [-0.39, 0.29) is 24.0 Å². The smallest absolute Gasteiger partial charge is 0.411 e. The number of amides is 1. The average molecular weight is 390 g/mol. The molecule has 6 nitrogen and oxygen atoms in total. The van der Waals surface area contributed by atoms with E-state index in [0.29, 0.717) is 12.2 Å². The highest BCUT2D eigenvalue weighted by Crippen LogP contribution is 2.09. The molecular weight excluding hydrogens is 371 g/mol. The summed E-state index contributed by atoms with van der Waals surface area (Å²) in [5.74, 6) is 0.850. The van der Waals surface area contributed by atoms with Crippen molar-refractivity contribution in [2.24, 2.45) is 4.99 Å². The number of ether oxygens (including phenoxy) is 1. The van der Waals surface area contributed by atoms with E-state index in [2.05, 4.69) is 25.7 Å². The number of guanidine groups is 1. The topological polar surface area (TPSA) is 74.8 Å². The van der Waals surface area contributed by atoms with Gasteiger partial charge in [0.1, 0.15) is 0 Å².